The van der Waals surface area contributed by atoms with Gasteiger partial charge in [-0.3, -0.25) is 9.69 Å². The number of rotatable bonds is 8. The molecule has 3 aromatic carbocycles. The molecular weight excluding hydrogens is 472 g/mol. The SMILES string of the molecule is CCOC(=O)Cn1ccc(C=C2CN(C(c3ccccc3)(c3ccccc3)c3ccccc3)CCC2O)c1. The Hall–Kier alpha value is -3.93. The largest absolute Gasteiger partial charge is 0.465 e. The van der Waals surface area contributed by atoms with Crippen LogP contribution in [0.3, 0.4) is 0 Å². The van der Waals surface area contributed by atoms with E-state index in [4.69, 9.17) is 4.74 Å². The summed E-state index contributed by atoms with van der Waals surface area (Å²) in [5, 5.41) is 11.1. The van der Waals surface area contributed by atoms with Gasteiger partial charge in [0.05, 0.1) is 18.2 Å². The molecule has 0 bridgehead atoms. The van der Waals surface area contributed by atoms with Crippen molar-refractivity contribution in [2.24, 2.45) is 0 Å². The molecule has 38 heavy (non-hydrogen) atoms. The Morgan fingerprint density at radius 2 is 1.47 bits per heavy atom. The second kappa shape index (κ2) is 11.6. The molecule has 1 fully saturated rings. The lowest BCUT2D eigenvalue weighted by Crippen LogP contribution is -2.52. The van der Waals surface area contributed by atoms with Crippen molar-refractivity contribution in [1.29, 1.82) is 0 Å². The van der Waals surface area contributed by atoms with Crippen LogP contribution in [-0.2, 0) is 21.6 Å². The number of piperidine rings is 1. The molecule has 1 atom stereocenters. The molecule has 0 spiro atoms. The summed E-state index contributed by atoms with van der Waals surface area (Å²) in [7, 11) is 0. The number of carbonyl (C=O) groups is 1. The number of likely N-dealkylation sites (tertiary alicyclic amines) is 1. The summed E-state index contributed by atoms with van der Waals surface area (Å²) in [6.07, 6.45) is 5.96. The number of aromatic nitrogens is 1. The van der Waals surface area contributed by atoms with Crippen molar-refractivity contribution in [2.45, 2.75) is 31.5 Å². The van der Waals surface area contributed by atoms with Crippen LogP contribution in [0.4, 0.5) is 0 Å². The molecule has 1 saturated heterocycles. The number of hydrogen-bond acceptors (Lipinski definition) is 4. The highest BCUT2D eigenvalue weighted by atomic mass is 16.5. The van der Waals surface area contributed by atoms with Crippen LogP contribution in [0.15, 0.2) is 115 Å². The van der Waals surface area contributed by atoms with Gasteiger partial charge in [-0.25, -0.2) is 0 Å². The maximum atomic E-state index is 11.9. The van der Waals surface area contributed by atoms with E-state index in [1.54, 1.807) is 6.92 Å². The number of aliphatic hydroxyl groups excluding tert-OH is 1. The smallest absolute Gasteiger partial charge is 0.325 e. The van der Waals surface area contributed by atoms with Gasteiger partial charge in [-0.2, -0.15) is 0 Å². The second-order valence-corrected chi connectivity index (χ2v) is 9.68. The van der Waals surface area contributed by atoms with Gasteiger partial charge in [-0.15, -0.1) is 0 Å². The van der Waals surface area contributed by atoms with Crippen LogP contribution in [-0.4, -0.2) is 46.3 Å². The molecule has 1 N–H and O–H groups in total. The van der Waals surface area contributed by atoms with Crippen molar-refractivity contribution < 1.29 is 14.6 Å². The van der Waals surface area contributed by atoms with E-state index < -0.39 is 11.6 Å². The van der Waals surface area contributed by atoms with Crippen LogP contribution in [0, 0.1) is 0 Å². The third kappa shape index (κ3) is 5.21. The lowest BCUT2D eigenvalue weighted by molar-refractivity contribution is -0.143. The Labute approximate surface area is 224 Å². The van der Waals surface area contributed by atoms with Gasteiger partial charge in [0.25, 0.3) is 0 Å². The number of benzene rings is 3. The molecule has 0 radical (unpaired) electrons. The Kier molecular flexibility index (Phi) is 7.87. The first-order valence-electron chi connectivity index (χ1n) is 13.2. The van der Waals surface area contributed by atoms with Crippen molar-refractivity contribution in [1.82, 2.24) is 9.47 Å². The number of hydrogen-bond donors (Lipinski definition) is 1. The normalized spacial score (nSPS) is 17.4. The molecule has 1 aliphatic heterocycles. The summed E-state index contributed by atoms with van der Waals surface area (Å²) in [6.45, 7) is 3.68. The standard InChI is InChI=1S/C33H34N2O3/c1-2-38-32(37)25-34-20-18-26(23-34)22-27-24-35(21-19-31(27)36)33(28-12-6-3-7-13-28,29-14-8-4-9-15-29)30-16-10-5-11-17-30/h3-18,20,22-23,31,36H,2,19,21,24-25H2,1H3. The highest BCUT2D eigenvalue weighted by molar-refractivity contribution is 5.69. The monoisotopic (exact) mass is 506 g/mol. The zero-order valence-corrected chi connectivity index (χ0v) is 21.7. The van der Waals surface area contributed by atoms with Crippen molar-refractivity contribution in [3.05, 3.63) is 137 Å². The summed E-state index contributed by atoms with van der Waals surface area (Å²) in [6, 6.07) is 33.9. The van der Waals surface area contributed by atoms with E-state index in [1.165, 1.54) is 16.7 Å². The van der Waals surface area contributed by atoms with Crippen molar-refractivity contribution in [2.75, 3.05) is 19.7 Å². The molecule has 0 aliphatic carbocycles. The summed E-state index contributed by atoms with van der Waals surface area (Å²) >= 11 is 0. The third-order valence-corrected chi connectivity index (χ3v) is 7.27. The van der Waals surface area contributed by atoms with Crippen molar-refractivity contribution >= 4 is 12.0 Å². The van der Waals surface area contributed by atoms with Crippen LogP contribution >= 0.6 is 0 Å². The van der Waals surface area contributed by atoms with Crippen LogP contribution in [0.25, 0.3) is 6.08 Å². The number of aliphatic hydroxyl groups is 1. The number of esters is 1. The summed E-state index contributed by atoms with van der Waals surface area (Å²) < 4.78 is 6.90. The molecule has 5 nitrogen and oxygen atoms in total. The molecular formula is C33H34N2O3. The highest BCUT2D eigenvalue weighted by Crippen LogP contribution is 2.44. The average Bonchev–Trinajstić information content (AvgIpc) is 3.39. The zero-order valence-electron chi connectivity index (χ0n) is 21.7. The molecule has 4 aromatic rings. The summed E-state index contributed by atoms with van der Waals surface area (Å²) in [5.74, 6) is -0.260. The minimum Gasteiger partial charge on any atom is -0.465 e. The van der Waals surface area contributed by atoms with Gasteiger partial charge < -0.3 is 14.4 Å². The number of ether oxygens (including phenoxy) is 1. The third-order valence-electron chi connectivity index (χ3n) is 7.27. The minimum absolute atomic E-state index is 0.171. The van der Waals surface area contributed by atoms with E-state index in [1.807, 2.05) is 23.0 Å². The van der Waals surface area contributed by atoms with Gasteiger partial charge in [0, 0.05) is 25.5 Å². The first kappa shape index (κ1) is 25.7. The van der Waals surface area contributed by atoms with Crippen molar-refractivity contribution in [3.8, 4) is 0 Å². The lowest BCUT2D eigenvalue weighted by atomic mass is 9.74. The molecule has 5 rings (SSSR count). The second-order valence-electron chi connectivity index (χ2n) is 9.68. The Bertz CT molecular complexity index is 1270. The maximum Gasteiger partial charge on any atom is 0.325 e. The molecule has 5 heteroatoms. The fourth-order valence-electron chi connectivity index (χ4n) is 5.60. The van der Waals surface area contributed by atoms with E-state index in [2.05, 4.69) is 102 Å². The fraction of sp³-hybridized carbons (Fsp3) is 0.242. The molecule has 1 aliphatic rings. The fourth-order valence-corrected chi connectivity index (χ4v) is 5.60. The Morgan fingerprint density at radius 1 is 0.921 bits per heavy atom. The van der Waals surface area contributed by atoms with Crippen LogP contribution < -0.4 is 0 Å². The minimum atomic E-state index is -0.529. The van der Waals surface area contributed by atoms with E-state index in [0.717, 1.165) is 17.7 Å². The first-order chi connectivity index (χ1) is 18.6. The van der Waals surface area contributed by atoms with Gasteiger partial charge in [0.1, 0.15) is 6.54 Å². The van der Waals surface area contributed by atoms with Gasteiger partial charge in [-0.1, -0.05) is 97.1 Å². The van der Waals surface area contributed by atoms with E-state index >= 15 is 0 Å². The van der Waals surface area contributed by atoms with Gasteiger partial charge >= 0.3 is 5.97 Å². The number of nitrogens with zero attached hydrogens (tertiary/aromatic N) is 2. The van der Waals surface area contributed by atoms with E-state index in [9.17, 15) is 9.90 Å². The molecule has 0 saturated carbocycles. The van der Waals surface area contributed by atoms with Gasteiger partial charge in [-0.05, 0) is 47.2 Å². The quantitative estimate of drug-likeness (QED) is 0.254. The number of carbonyl (C=O) groups excluding carboxylic acids is 1. The average molecular weight is 507 g/mol. The predicted molar refractivity (Wildman–Crippen MR) is 150 cm³/mol. The Balaban J connectivity index is 1.57. The van der Waals surface area contributed by atoms with E-state index in [-0.39, 0.29) is 12.5 Å². The molecule has 1 aromatic heterocycles. The van der Waals surface area contributed by atoms with E-state index in [0.29, 0.717) is 19.6 Å². The van der Waals surface area contributed by atoms with Crippen LogP contribution in [0.5, 0.6) is 0 Å². The van der Waals surface area contributed by atoms with Crippen LogP contribution in [0.2, 0.25) is 0 Å². The van der Waals surface area contributed by atoms with Gasteiger partial charge in [0.2, 0.25) is 0 Å². The maximum absolute atomic E-state index is 11.9. The summed E-state index contributed by atoms with van der Waals surface area (Å²) in [5.41, 5.74) is 4.95. The highest BCUT2D eigenvalue weighted by Gasteiger charge is 2.44. The molecule has 194 valence electrons. The summed E-state index contributed by atoms with van der Waals surface area (Å²) in [4.78, 5) is 14.4. The van der Waals surface area contributed by atoms with Crippen LogP contribution in [0.1, 0.15) is 35.6 Å². The lowest BCUT2D eigenvalue weighted by Gasteiger charge is -2.48. The Morgan fingerprint density at radius 3 is 2.00 bits per heavy atom. The molecule has 1 unspecified atom stereocenters. The van der Waals surface area contributed by atoms with Crippen molar-refractivity contribution in [3.63, 3.8) is 0 Å². The first-order valence-corrected chi connectivity index (χ1v) is 13.2. The predicted octanol–water partition coefficient (Wildman–Crippen LogP) is 5.49. The molecule has 0 amide bonds. The van der Waals surface area contributed by atoms with Gasteiger partial charge in [0.15, 0.2) is 0 Å². The topological polar surface area (TPSA) is 54.7 Å². The zero-order chi connectivity index (χ0) is 26.4. The molecule has 2 heterocycles.